The summed E-state index contributed by atoms with van der Waals surface area (Å²) >= 11 is 0.892. The maximum absolute atomic E-state index is 12.6. The average Bonchev–Trinajstić information content (AvgIpc) is 2.45. The molecule has 0 radical (unpaired) electrons. The minimum atomic E-state index is -0.123. The summed E-state index contributed by atoms with van der Waals surface area (Å²) in [6, 6.07) is 13.4. The van der Waals surface area contributed by atoms with Crippen molar-refractivity contribution in [3.05, 3.63) is 59.1 Å². The summed E-state index contributed by atoms with van der Waals surface area (Å²) in [5, 5.41) is 12.8. The van der Waals surface area contributed by atoms with Crippen molar-refractivity contribution < 1.29 is 4.79 Å². The summed E-state index contributed by atoms with van der Waals surface area (Å²) in [5.41, 5.74) is 0.624. The highest BCUT2D eigenvalue weighted by molar-refractivity contribution is 8.08. The van der Waals surface area contributed by atoms with E-state index in [2.05, 4.69) is 0 Å². The van der Waals surface area contributed by atoms with Crippen LogP contribution < -0.4 is 0 Å². The SMILES string of the molecule is CN(C)/C=C(\SC#N)C(=O)c1cccc2ccccc12. The van der Waals surface area contributed by atoms with E-state index in [4.69, 9.17) is 5.26 Å². The topological polar surface area (TPSA) is 44.1 Å². The lowest BCUT2D eigenvalue weighted by atomic mass is 10.0. The van der Waals surface area contributed by atoms with Crippen molar-refractivity contribution in [1.82, 2.24) is 4.90 Å². The van der Waals surface area contributed by atoms with Crippen LogP contribution in [0.5, 0.6) is 0 Å². The van der Waals surface area contributed by atoms with Gasteiger partial charge in [0.2, 0.25) is 5.78 Å². The van der Waals surface area contributed by atoms with E-state index in [0.717, 1.165) is 22.5 Å². The Hall–Kier alpha value is -2.25. The van der Waals surface area contributed by atoms with E-state index in [0.29, 0.717) is 10.5 Å². The highest BCUT2D eigenvalue weighted by Crippen LogP contribution is 2.25. The largest absolute Gasteiger partial charge is 0.382 e. The first-order valence-corrected chi connectivity index (χ1v) is 6.92. The summed E-state index contributed by atoms with van der Waals surface area (Å²) in [6.45, 7) is 0. The van der Waals surface area contributed by atoms with Crippen LogP contribution in [0.1, 0.15) is 10.4 Å². The Bertz CT molecular complexity index is 708. The zero-order valence-corrected chi connectivity index (χ0v) is 12.1. The molecule has 0 saturated heterocycles. The van der Waals surface area contributed by atoms with Crippen molar-refractivity contribution in [2.75, 3.05) is 14.1 Å². The Morgan fingerprint density at radius 2 is 1.90 bits per heavy atom. The van der Waals surface area contributed by atoms with E-state index in [-0.39, 0.29) is 5.78 Å². The number of fused-ring (bicyclic) bond motifs is 1. The maximum Gasteiger partial charge on any atom is 0.202 e. The lowest BCUT2D eigenvalue weighted by molar-refractivity contribution is 0.104. The van der Waals surface area contributed by atoms with Gasteiger partial charge in [0.1, 0.15) is 5.40 Å². The first-order valence-electron chi connectivity index (χ1n) is 6.10. The molecule has 0 heterocycles. The molecule has 0 fully saturated rings. The minimum absolute atomic E-state index is 0.123. The number of nitrogens with zero attached hydrogens (tertiary/aromatic N) is 2. The summed E-state index contributed by atoms with van der Waals surface area (Å²) in [5.74, 6) is -0.123. The molecule has 0 spiro atoms. The van der Waals surface area contributed by atoms with E-state index in [9.17, 15) is 4.79 Å². The van der Waals surface area contributed by atoms with Crippen molar-refractivity contribution in [2.24, 2.45) is 0 Å². The van der Waals surface area contributed by atoms with Crippen LogP contribution in [-0.4, -0.2) is 24.8 Å². The van der Waals surface area contributed by atoms with Crippen LogP contribution in [0.2, 0.25) is 0 Å². The molecular formula is C16H14N2OS. The number of ketones is 1. The fourth-order valence-corrected chi connectivity index (χ4v) is 2.54. The summed E-state index contributed by atoms with van der Waals surface area (Å²) < 4.78 is 0. The number of thioether (sulfide) groups is 1. The van der Waals surface area contributed by atoms with Gasteiger partial charge in [-0.3, -0.25) is 4.79 Å². The number of Topliss-reactive ketones (excluding diaryl/α,β-unsaturated/α-hetero) is 1. The van der Waals surface area contributed by atoms with E-state index in [1.54, 1.807) is 17.2 Å². The first kappa shape index (κ1) is 14.2. The van der Waals surface area contributed by atoms with E-state index in [1.807, 2.05) is 55.9 Å². The fourth-order valence-electron chi connectivity index (χ4n) is 1.97. The number of allylic oxidation sites excluding steroid dienone is 1. The lowest BCUT2D eigenvalue weighted by Gasteiger charge is -2.10. The molecule has 2 aromatic rings. The molecule has 0 aliphatic heterocycles. The summed E-state index contributed by atoms with van der Waals surface area (Å²) in [7, 11) is 3.66. The second kappa shape index (κ2) is 6.27. The molecule has 2 rings (SSSR count). The predicted molar refractivity (Wildman–Crippen MR) is 83.3 cm³/mol. The monoisotopic (exact) mass is 282 g/mol. The molecule has 3 nitrogen and oxygen atoms in total. The number of hydrogen-bond acceptors (Lipinski definition) is 4. The molecular weight excluding hydrogens is 268 g/mol. The van der Waals surface area contributed by atoms with Gasteiger partial charge in [0.15, 0.2) is 0 Å². The first-order chi connectivity index (χ1) is 9.63. The zero-order valence-electron chi connectivity index (χ0n) is 11.3. The van der Waals surface area contributed by atoms with Crippen molar-refractivity contribution in [3.8, 4) is 5.40 Å². The number of nitriles is 1. The van der Waals surface area contributed by atoms with Crippen molar-refractivity contribution in [2.45, 2.75) is 0 Å². The zero-order chi connectivity index (χ0) is 14.5. The van der Waals surface area contributed by atoms with Crippen LogP contribution in [-0.2, 0) is 0 Å². The molecule has 0 aromatic heterocycles. The van der Waals surface area contributed by atoms with Crippen LogP contribution in [0.15, 0.2) is 53.6 Å². The second-order valence-corrected chi connectivity index (χ2v) is 5.33. The highest BCUT2D eigenvalue weighted by atomic mass is 32.2. The minimum Gasteiger partial charge on any atom is -0.382 e. The standard InChI is InChI=1S/C16H14N2OS/c1-18(2)10-15(20-11-17)16(19)14-9-5-7-12-6-3-4-8-13(12)14/h3-10H,1-2H3/b15-10-. The Morgan fingerprint density at radius 3 is 2.60 bits per heavy atom. The Labute approximate surface area is 122 Å². The Kier molecular flexibility index (Phi) is 4.44. The Morgan fingerprint density at radius 1 is 1.20 bits per heavy atom. The normalized spacial score (nSPS) is 11.2. The third kappa shape index (κ3) is 3.01. The summed E-state index contributed by atoms with van der Waals surface area (Å²) in [6.07, 6.45) is 1.68. The smallest absolute Gasteiger partial charge is 0.202 e. The Balaban J connectivity index is 2.53. The van der Waals surface area contributed by atoms with Gasteiger partial charge in [0, 0.05) is 25.9 Å². The van der Waals surface area contributed by atoms with Crippen LogP contribution in [0.4, 0.5) is 0 Å². The van der Waals surface area contributed by atoms with Gasteiger partial charge in [-0.25, -0.2) is 0 Å². The maximum atomic E-state index is 12.6. The number of hydrogen-bond donors (Lipinski definition) is 0. The number of carbonyl (C=O) groups is 1. The van der Waals surface area contributed by atoms with Crippen molar-refractivity contribution in [3.63, 3.8) is 0 Å². The quantitative estimate of drug-likeness (QED) is 0.488. The number of benzene rings is 2. The molecule has 100 valence electrons. The molecule has 0 aliphatic carbocycles. The van der Waals surface area contributed by atoms with Gasteiger partial charge in [-0.1, -0.05) is 42.5 Å². The third-order valence-electron chi connectivity index (χ3n) is 2.79. The lowest BCUT2D eigenvalue weighted by Crippen LogP contribution is -2.08. The van der Waals surface area contributed by atoms with Gasteiger partial charge < -0.3 is 4.90 Å². The van der Waals surface area contributed by atoms with Gasteiger partial charge in [-0.2, -0.15) is 5.26 Å². The number of thiocyanates is 1. The highest BCUT2D eigenvalue weighted by Gasteiger charge is 2.16. The van der Waals surface area contributed by atoms with Gasteiger partial charge in [-0.15, -0.1) is 0 Å². The van der Waals surface area contributed by atoms with Crippen LogP contribution in [0, 0.1) is 10.7 Å². The number of rotatable bonds is 4. The molecule has 4 heteroatoms. The fraction of sp³-hybridized carbons (Fsp3) is 0.125. The summed E-state index contributed by atoms with van der Waals surface area (Å²) in [4.78, 5) is 14.8. The molecule has 20 heavy (non-hydrogen) atoms. The predicted octanol–water partition coefficient (Wildman–Crippen LogP) is 3.64. The molecule has 0 N–H and O–H groups in total. The van der Waals surface area contributed by atoms with Gasteiger partial charge in [-0.05, 0) is 22.5 Å². The van der Waals surface area contributed by atoms with Crippen molar-refractivity contribution in [1.29, 1.82) is 5.26 Å². The molecule has 0 saturated carbocycles. The second-order valence-electron chi connectivity index (χ2n) is 4.51. The van der Waals surface area contributed by atoms with Crippen molar-refractivity contribution >= 4 is 28.3 Å². The molecule has 0 bridgehead atoms. The van der Waals surface area contributed by atoms with Gasteiger partial charge in [0.05, 0.1) is 4.91 Å². The molecule has 0 unspecified atom stereocenters. The third-order valence-corrected chi connectivity index (χ3v) is 3.39. The van der Waals surface area contributed by atoms with Crippen LogP contribution in [0.3, 0.4) is 0 Å². The van der Waals surface area contributed by atoms with Crippen LogP contribution >= 0.6 is 11.8 Å². The van der Waals surface area contributed by atoms with E-state index in [1.165, 1.54) is 0 Å². The van der Waals surface area contributed by atoms with Gasteiger partial charge >= 0.3 is 0 Å². The van der Waals surface area contributed by atoms with E-state index >= 15 is 0 Å². The molecule has 0 amide bonds. The average molecular weight is 282 g/mol. The molecule has 0 aliphatic rings. The molecule has 0 atom stereocenters. The van der Waals surface area contributed by atoms with Gasteiger partial charge in [0.25, 0.3) is 0 Å². The number of carbonyl (C=O) groups excluding carboxylic acids is 1. The van der Waals surface area contributed by atoms with E-state index < -0.39 is 0 Å². The molecule has 2 aromatic carbocycles. The van der Waals surface area contributed by atoms with Crippen LogP contribution in [0.25, 0.3) is 10.8 Å².